The first kappa shape index (κ1) is 12.2. The molecule has 3 aromatic rings. The Bertz CT molecular complexity index is 691. The van der Waals surface area contributed by atoms with Gasteiger partial charge in [0.05, 0.1) is 13.2 Å². The summed E-state index contributed by atoms with van der Waals surface area (Å²) in [6, 6.07) is 16.5. The largest absolute Gasteiger partial charge is 0.497 e. The Hall–Kier alpha value is -1.84. The topological polar surface area (TPSA) is 35.2 Å². The van der Waals surface area contributed by atoms with Crippen molar-refractivity contribution in [1.29, 1.82) is 0 Å². The molecule has 0 saturated carbocycles. The van der Waals surface area contributed by atoms with Crippen molar-refractivity contribution < 1.29 is 4.74 Å². The van der Waals surface area contributed by atoms with E-state index >= 15 is 0 Å². The van der Waals surface area contributed by atoms with Gasteiger partial charge in [-0.3, -0.25) is 0 Å². The van der Waals surface area contributed by atoms with Crippen LogP contribution in [-0.2, 0) is 0 Å². The molecule has 2 nitrogen and oxygen atoms in total. The number of methoxy groups -OCH3 is 1. The summed E-state index contributed by atoms with van der Waals surface area (Å²) < 4.78 is 5.24. The Morgan fingerprint density at radius 2 is 1.84 bits per heavy atom. The molecule has 1 aromatic heterocycles. The van der Waals surface area contributed by atoms with E-state index in [0.717, 1.165) is 11.3 Å². The number of nitrogens with two attached hydrogens (primary N) is 1. The zero-order valence-corrected chi connectivity index (χ0v) is 11.5. The second kappa shape index (κ2) is 5.03. The summed E-state index contributed by atoms with van der Waals surface area (Å²) in [5.74, 6) is 0.878. The maximum atomic E-state index is 6.29. The highest BCUT2D eigenvalue weighted by molar-refractivity contribution is 7.10. The fourth-order valence-corrected chi connectivity index (χ4v) is 2.95. The van der Waals surface area contributed by atoms with Gasteiger partial charge in [0, 0.05) is 4.88 Å². The summed E-state index contributed by atoms with van der Waals surface area (Å²) >= 11 is 1.69. The molecule has 3 heteroatoms. The van der Waals surface area contributed by atoms with E-state index in [1.165, 1.54) is 15.6 Å². The van der Waals surface area contributed by atoms with E-state index in [0.29, 0.717) is 0 Å². The normalized spacial score (nSPS) is 12.5. The Morgan fingerprint density at radius 3 is 2.58 bits per heavy atom. The number of rotatable bonds is 3. The van der Waals surface area contributed by atoms with E-state index in [1.807, 2.05) is 18.2 Å². The molecule has 0 bridgehead atoms. The Labute approximate surface area is 116 Å². The number of benzene rings is 2. The standard InChI is InChI=1S/C16H15NOS/c1-18-14-7-6-11-9-13(5-4-12(11)10-14)16(17)15-3-2-8-19-15/h2-10,16H,17H2,1H3. The average Bonchev–Trinajstić information content (AvgIpc) is 2.99. The lowest BCUT2D eigenvalue weighted by Crippen LogP contribution is -2.09. The van der Waals surface area contributed by atoms with Crippen molar-refractivity contribution in [3.63, 3.8) is 0 Å². The molecule has 0 aliphatic heterocycles. The van der Waals surface area contributed by atoms with Gasteiger partial charge in [0.2, 0.25) is 0 Å². The van der Waals surface area contributed by atoms with E-state index in [9.17, 15) is 0 Å². The van der Waals surface area contributed by atoms with Gasteiger partial charge in [-0.15, -0.1) is 11.3 Å². The quantitative estimate of drug-likeness (QED) is 0.781. The third kappa shape index (κ3) is 2.35. The number of fused-ring (bicyclic) bond motifs is 1. The summed E-state index contributed by atoms with van der Waals surface area (Å²) in [5, 5.41) is 4.41. The van der Waals surface area contributed by atoms with Gasteiger partial charge in [0.15, 0.2) is 0 Å². The van der Waals surface area contributed by atoms with Crippen LogP contribution in [-0.4, -0.2) is 7.11 Å². The van der Waals surface area contributed by atoms with Crippen LogP contribution in [0.5, 0.6) is 5.75 Å². The van der Waals surface area contributed by atoms with Crippen molar-refractivity contribution in [3.05, 3.63) is 64.4 Å². The minimum Gasteiger partial charge on any atom is -0.497 e. The minimum atomic E-state index is -0.0495. The predicted octanol–water partition coefficient (Wildman–Crippen LogP) is 3.96. The third-order valence-electron chi connectivity index (χ3n) is 3.28. The molecule has 0 saturated heterocycles. The highest BCUT2D eigenvalue weighted by Crippen LogP contribution is 2.28. The molecule has 0 spiro atoms. The zero-order valence-electron chi connectivity index (χ0n) is 10.7. The molecule has 0 aliphatic carbocycles. The molecule has 1 heterocycles. The van der Waals surface area contributed by atoms with E-state index in [4.69, 9.17) is 10.5 Å². The van der Waals surface area contributed by atoms with Crippen molar-refractivity contribution in [2.75, 3.05) is 7.11 Å². The molecule has 0 aliphatic rings. The summed E-state index contributed by atoms with van der Waals surface area (Å²) in [4.78, 5) is 1.19. The molecular weight excluding hydrogens is 254 g/mol. The highest BCUT2D eigenvalue weighted by atomic mass is 32.1. The first-order chi connectivity index (χ1) is 9.28. The smallest absolute Gasteiger partial charge is 0.119 e. The first-order valence-corrected chi connectivity index (χ1v) is 7.02. The molecule has 0 fully saturated rings. The van der Waals surface area contributed by atoms with E-state index in [1.54, 1.807) is 18.4 Å². The van der Waals surface area contributed by atoms with Gasteiger partial charge < -0.3 is 10.5 Å². The molecule has 96 valence electrons. The predicted molar refractivity (Wildman–Crippen MR) is 80.8 cm³/mol. The summed E-state index contributed by atoms with van der Waals surface area (Å²) in [6.45, 7) is 0. The summed E-state index contributed by atoms with van der Waals surface area (Å²) in [7, 11) is 1.68. The lowest BCUT2D eigenvalue weighted by Gasteiger charge is -2.11. The SMILES string of the molecule is COc1ccc2cc(C(N)c3cccs3)ccc2c1. The van der Waals surface area contributed by atoms with Crippen molar-refractivity contribution in [2.24, 2.45) is 5.73 Å². The van der Waals surface area contributed by atoms with E-state index < -0.39 is 0 Å². The Morgan fingerprint density at radius 1 is 1.05 bits per heavy atom. The van der Waals surface area contributed by atoms with Gasteiger partial charge >= 0.3 is 0 Å². The van der Waals surface area contributed by atoms with Gasteiger partial charge in [-0.05, 0) is 46.0 Å². The van der Waals surface area contributed by atoms with Crippen LogP contribution in [0.1, 0.15) is 16.5 Å². The van der Waals surface area contributed by atoms with Crippen molar-refractivity contribution in [2.45, 2.75) is 6.04 Å². The van der Waals surface area contributed by atoms with E-state index in [2.05, 4.69) is 35.7 Å². The van der Waals surface area contributed by atoms with Gasteiger partial charge in [0.25, 0.3) is 0 Å². The number of ether oxygens (including phenoxy) is 1. The highest BCUT2D eigenvalue weighted by Gasteiger charge is 2.10. The lowest BCUT2D eigenvalue weighted by molar-refractivity contribution is 0.415. The Balaban J connectivity index is 2.02. The van der Waals surface area contributed by atoms with Gasteiger partial charge in [-0.1, -0.05) is 24.3 Å². The van der Waals surface area contributed by atoms with Crippen molar-refractivity contribution in [3.8, 4) is 5.75 Å². The van der Waals surface area contributed by atoms with Crippen molar-refractivity contribution >= 4 is 22.1 Å². The number of hydrogen-bond donors (Lipinski definition) is 1. The van der Waals surface area contributed by atoms with Gasteiger partial charge in [-0.2, -0.15) is 0 Å². The molecule has 0 radical (unpaired) electrons. The fourth-order valence-electron chi connectivity index (χ4n) is 2.20. The summed E-state index contributed by atoms with van der Waals surface area (Å²) in [5.41, 5.74) is 7.43. The second-order valence-electron chi connectivity index (χ2n) is 4.47. The molecule has 2 aromatic carbocycles. The van der Waals surface area contributed by atoms with Gasteiger partial charge in [-0.25, -0.2) is 0 Å². The van der Waals surface area contributed by atoms with Crippen LogP contribution in [0.4, 0.5) is 0 Å². The van der Waals surface area contributed by atoms with Crippen molar-refractivity contribution in [1.82, 2.24) is 0 Å². The molecule has 1 unspecified atom stereocenters. The maximum Gasteiger partial charge on any atom is 0.119 e. The van der Waals surface area contributed by atoms with Crippen LogP contribution < -0.4 is 10.5 Å². The minimum absolute atomic E-state index is 0.0495. The third-order valence-corrected chi connectivity index (χ3v) is 4.24. The van der Waals surface area contributed by atoms with Gasteiger partial charge in [0.1, 0.15) is 5.75 Å². The van der Waals surface area contributed by atoms with Crippen LogP contribution in [0.3, 0.4) is 0 Å². The number of thiophene rings is 1. The zero-order chi connectivity index (χ0) is 13.2. The molecule has 1 atom stereocenters. The monoisotopic (exact) mass is 269 g/mol. The van der Waals surface area contributed by atoms with Crippen LogP contribution >= 0.6 is 11.3 Å². The number of hydrogen-bond acceptors (Lipinski definition) is 3. The van der Waals surface area contributed by atoms with Crippen LogP contribution in [0.25, 0.3) is 10.8 Å². The molecule has 2 N–H and O–H groups in total. The fraction of sp³-hybridized carbons (Fsp3) is 0.125. The summed E-state index contributed by atoms with van der Waals surface area (Å²) in [6.07, 6.45) is 0. The average molecular weight is 269 g/mol. The first-order valence-electron chi connectivity index (χ1n) is 6.14. The maximum absolute atomic E-state index is 6.29. The molecule has 19 heavy (non-hydrogen) atoms. The second-order valence-corrected chi connectivity index (χ2v) is 5.44. The van der Waals surface area contributed by atoms with Crippen LogP contribution in [0.2, 0.25) is 0 Å². The Kier molecular flexibility index (Phi) is 3.23. The van der Waals surface area contributed by atoms with Crippen LogP contribution in [0, 0.1) is 0 Å². The molecule has 3 rings (SSSR count). The van der Waals surface area contributed by atoms with Crippen LogP contribution in [0.15, 0.2) is 53.9 Å². The van der Waals surface area contributed by atoms with E-state index in [-0.39, 0.29) is 6.04 Å². The lowest BCUT2D eigenvalue weighted by atomic mass is 10.0. The molecular formula is C16H15NOS. The molecule has 0 amide bonds.